The summed E-state index contributed by atoms with van der Waals surface area (Å²) >= 11 is 0. The number of aromatic nitrogens is 6. The number of ether oxygens (including phenoxy) is 1. The molecule has 0 radical (unpaired) electrons. The average molecular weight is 470 g/mol. The van der Waals surface area contributed by atoms with Gasteiger partial charge in [-0.3, -0.25) is 0 Å². The van der Waals surface area contributed by atoms with Gasteiger partial charge in [-0.1, -0.05) is 36.9 Å². The van der Waals surface area contributed by atoms with Gasteiger partial charge in [0.2, 0.25) is 11.9 Å². The molecule has 2 N–H and O–H groups in total. The van der Waals surface area contributed by atoms with Crippen molar-refractivity contribution in [2.45, 2.75) is 12.5 Å². The van der Waals surface area contributed by atoms with E-state index in [4.69, 9.17) is 25.4 Å². The third-order valence-corrected chi connectivity index (χ3v) is 6.69. The van der Waals surface area contributed by atoms with Crippen LogP contribution in [-0.2, 0) is 4.74 Å². The largest absolute Gasteiger partial charge is 0.378 e. The quantitative estimate of drug-likeness (QED) is 0.471. The fourth-order valence-electron chi connectivity index (χ4n) is 4.77. The van der Waals surface area contributed by atoms with Gasteiger partial charge >= 0.3 is 0 Å². The van der Waals surface area contributed by atoms with E-state index in [9.17, 15) is 0 Å². The molecule has 35 heavy (non-hydrogen) atoms. The lowest BCUT2D eigenvalue weighted by Crippen LogP contribution is -2.37. The van der Waals surface area contributed by atoms with Gasteiger partial charge < -0.3 is 24.8 Å². The highest BCUT2D eigenvalue weighted by molar-refractivity contribution is 5.88. The van der Waals surface area contributed by atoms with Crippen LogP contribution in [0.5, 0.6) is 0 Å². The first kappa shape index (κ1) is 21.5. The molecule has 6 rings (SSSR count). The summed E-state index contributed by atoms with van der Waals surface area (Å²) in [6.07, 6.45) is 6.23. The second-order valence-electron chi connectivity index (χ2n) is 8.83. The monoisotopic (exact) mass is 469 g/mol. The minimum absolute atomic E-state index is 0.225. The molecular formula is C25H27N9O. The zero-order valence-electron chi connectivity index (χ0n) is 19.4. The van der Waals surface area contributed by atoms with Crippen molar-refractivity contribution in [2.75, 3.05) is 50.0 Å². The Morgan fingerprint density at radius 3 is 2.54 bits per heavy atom. The van der Waals surface area contributed by atoms with Crippen molar-refractivity contribution in [3.05, 3.63) is 61.2 Å². The van der Waals surface area contributed by atoms with Gasteiger partial charge in [-0.15, -0.1) is 0 Å². The normalized spacial score (nSPS) is 18.3. The molecule has 2 fully saturated rings. The van der Waals surface area contributed by atoms with E-state index < -0.39 is 0 Å². The van der Waals surface area contributed by atoms with Crippen LogP contribution in [0, 0.1) is 0 Å². The minimum Gasteiger partial charge on any atom is -0.378 e. The molecule has 0 aliphatic carbocycles. The number of nitrogens with zero attached hydrogens (tertiary/aromatic N) is 8. The number of morpholine rings is 1. The van der Waals surface area contributed by atoms with E-state index in [1.165, 1.54) is 0 Å². The number of rotatable bonds is 5. The van der Waals surface area contributed by atoms with Gasteiger partial charge in [0, 0.05) is 49.8 Å². The molecule has 0 spiro atoms. The molecule has 2 aliphatic heterocycles. The third-order valence-electron chi connectivity index (χ3n) is 6.69. The van der Waals surface area contributed by atoms with E-state index in [1.807, 2.05) is 24.5 Å². The molecule has 0 amide bonds. The van der Waals surface area contributed by atoms with Crippen molar-refractivity contribution in [2.24, 2.45) is 0 Å². The van der Waals surface area contributed by atoms with Crippen LogP contribution >= 0.6 is 0 Å². The Bertz CT molecular complexity index is 1350. The second kappa shape index (κ2) is 8.95. The van der Waals surface area contributed by atoms with Gasteiger partial charge in [0.1, 0.15) is 11.2 Å². The highest BCUT2D eigenvalue weighted by Crippen LogP contribution is 2.33. The number of fused-ring (bicyclic) bond motifs is 1. The van der Waals surface area contributed by atoms with Crippen LogP contribution in [0.25, 0.3) is 28.1 Å². The van der Waals surface area contributed by atoms with E-state index in [1.54, 1.807) is 12.4 Å². The number of benzene rings is 1. The maximum absolute atomic E-state index is 5.72. The summed E-state index contributed by atoms with van der Waals surface area (Å²) < 4.78 is 7.72. The Hall–Kier alpha value is -4.05. The summed E-state index contributed by atoms with van der Waals surface area (Å²) in [7, 11) is 0. The van der Waals surface area contributed by atoms with Crippen molar-refractivity contribution in [1.29, 1.82) is 0 Å². The number of imidazole rings is 1. The Balaban J connectivity index is 1.38. The first-order valence-electron chi connectivity index (χ1n) is 11.8. The average Bonchev–Trinajstić information content (AvgIpc) is 3.57. The number of hydrogen-bond acceptors (Lipinski definition) is 9. The maximum atomic E-state index is 5.72. The standard InChI is InChI=1S/C25H27N9O/c1-17(18-5-3-2-4-6-18)33-8-7-20(15-33)34-16-29-22-21(19-13-27-24(26)28-14-19)30-25(31-23(22)34)32-9-11-35-12-10-32/h2-6,13-14,16,20H,1,7-12,15H2,(H2,26,27,28). The topological polar surface area (TPSA) is 111 Å². The molecule has 5 heterocycles. The van der Waals surface area contributed by atoms with Gasteiger partial charge in [0.25, 0.3) is 0 Å². The summed E-state index contributed by atoms with van der Waals surface area (Å²) in [4.78, 5) is 27.4. The molecule has 0 saturated carbocycles. The van der Waals surface area contributed by atoms with Crippen molar-refractivity contribution in [1.82, 2.24) is 34.4 Å². The fourth-order valence-corrected chi connectivity index (χ4v) is 4.77. The molecule has 0 bridgehead atoms. The van der Waals surface area contributed by atoms with E-state index in [2.05, 4.69) is 43.0 Å². The lowest BCUT2D eigenvalue weighted by atomic mass is 10.1. The van der Waals surface area contributed by atoms with E-state index >= 15 is 0 Å². The summed E-state index contributed by atoms with van der Waals surface area (Å²) in [5, 5.41) is 0. The predicted octanol–water partition coefficient (Wildman–Crippen LogP) is 2.62. The van der Waals surface area contributed by atoms with Crippen molar-refractivity contribution in [3.8, 4) is 11.3 Å². The number of nitrogens with two attached hydrogens (primary N) is 1. The van der Waals surface area contributed by atoms with Gasteiger partial charge in [-0.2, -0.15) is 4.98 Å². The SMILES string of the molecule is C=C(c1ccccc1)N1CCC(n2cnc3c(-c4cnc(N)nc4)nc(N4CCOCC4)nc32)C1. The van der Waals surface area contributed by atoms with E-state index in [-0.39, 0.29) is 12.0 Å². The number of nitrogen functional groups attached to an aromatic ring is 1. The molecule has 1 atom stereocenters. The summed E-state index contributed by atoms with van der Waals surface area (Å²) in [6.45, 7) is 8.92. The van der Waals surface area contributed by atoms with Crippen LogP contribution in [0.1, 0.15) is 18.0 Å². The van der Waals surface area contributed by atoms with Crippen LogP contribution < -0.4 is 10.6 Å². The molecule has 1 aromatic carbocycles. The van der Waals surface area contributed by atoms with Crippen LogP contribution in [-0.4, -0.2) is 73.8 Å². The Labute approximate surface area is 203 Å². The summed E-state index contributed by atoms with van der Waals surface area (Å²) in [6, 6.07) is 10.5. The van der Waals surface area contributed by atoms with Gasteiger partial charge in [-0.05, 0) is 12.0 Å². The van der Waals surface area contributed by atoms with Crippen LogP contribution in [0.15, 0.2) is 55.6 Å². The number of anilines is 2. The Morgan fingerprint density at radius 1 is 1.00 bits per heavy atom. The zero-order valence-corrected chi connectivity index (χ0v) is 19.4. The van der Waals surface area contributed by atoms with Gasteiger partial charge in [0.05, 0.1) is 25.6 Å². The second-order valence-corrected chi connectivity index (χ2v) is 8.83. The number of likely N-dealkylation sites (tertiary alicyclic amines) is 1. The first-order chi connectivity index (χ1) is 17.2. The Morgan fingerprint density at radius 2 is 1.77 bits per heavy atom. The van der Waals surface area contributed by atoms with Gasteiger partial charge in [0.15, 0.2) is 5.65 Å². The number of hydrogen-bond donors (Lipinski definition) is 1. The lowest BCUT2D eigenvalue weighted by Gasteiger charge is -2.27. The summed E-state index contributed by atoms with van der Waals surface area (Å²) in [5.41, 5.74) is 10.9. The molecule has 10 nitrogen and oxygen atoms in total. The van der Waals surface area contributed by atoms with Gasteiger partial charge in [-0.25, -0.2) is 19.9 Å². The summed E-state index contributed by atoms with van der Waals surface area (Å²) in [5.74, 6) is 0.889. The smallest absolute Gasteiger partial charge is 0.228 e. The molecule has 1 unspecified atom stereocenters. The first-order valence-corrected chi connectivity index (χ1v) is 11.8. The maximum Gasteiger partial charge on any atom is 0.228 e. The minimum atomic E-state index is 0.225. The van der Waals surface area contributed by atoms with E-state index in [0.717, 1.165) is 60.6 Å². The highest BCUT2D eigenvalue weighted by atomic mass is 16.5. The molecule has 3 aromatic heterocycles. The zero-order chi connectivity index (χ0) is 23.8. The fraction of sp³-hybridized carbons (Fsp3) is 0.320. The Kier molecular flexibility index (Phi) is 5.49. The van der Waals surface area contributed by atoms with Crippen LogP contribution in [0.2, 0.25) is 0 Å². The molecule has 10 heteroatoms. The van der Waals surface area contributed by atoms with Crippen LogP contribution in [0.4, 0.5) is 11.9 Å². The molecule has 2 saturated heterocycles. The molecular weight excluding hydrogens is 442 g/mol. The predicted molar refractivity (Wildman–Crippen MR) is 134 cm³/mol. The third kappa shape index (κ3) is 4.06. The van der Waals surface area contributed by atoms with E-state index in [0.29, 0.717) is 24.9 Å². The molecule has 2 aliphatic rings. The van der Waals surface area contributed by atoms with Crippen molar-refractivity contribution in [3.63, 3.8) is 0 Å². The highest BCUT2D eigenvalue weighted by Gasteiger charge is 2.28. The molecule has 4 aromatic rings. The molecule has 178 valence electrons. The van der Waals surface area contributed by atoms with Crippen molar-refractivity contribution < 1.29 is 4.74 Å². The van der Waals surface area contributed by atoms with Crippen LogP contribution in [0.3, 0.4) is 0 Å². The van der Waals surface area contributed by atoms with Crippen molar-refractivity contribution >= 4 is 28.8 Å². The lowest BCUT2D eigenvalue weighted by molar-refractivity contribution is 0.122.